The molecule has 2 rings (SSSR count). The Hall–Kier alpha value is -1.61. The largest absolute Gasteiger partial charge is 0.441 e. The fourth-order valence-corrected chi connectivity index (χ4v) is 1.90. The van der Waals surface area contributed by atoms with Crippen molar-refractivity contribution in [2.45, 2.75) is 26.7 Å². The average molecular weight is 244 g/mol. The van der Waals surface area contributed by atoms with Crippen molar-refractivity contribution in [3.8, 4) is 11.3 Å². The lowest BCUT2D eigenvalue weighted by molar-refractivity contribution is 0.494. The Morgan fingerprint density at radius 3 is 2.83 bits per heavy atom. The van der Waals surface area contributed by atoms with Gasteiger partial charge in [-0.1, -0.05) is 31.2 Å². The van der Waals surface area contributed by atoms with Crippen LogP contribution in [0.3, 0.4) is 0 Å². The standard InChI is InChI=1S/C15H20N2O/c1-3-9-16-10-8-15-17-11-14(18-15)13-7-5-4-6-12(13)2/h4-7,11,16H,3,8-10H2,1-2H3. The van der Waals surface area contributed by atoms with E-state index in [9.17, 15) is 0 Å². The molecule has 0 saturated heterocycles. The van der Waals surface area contributed by atoms with Crippen molar-refractivity contribution in [3.05, 3.63) is 41.9 Å². The highest BCUT2D eigenvalue weighted by Gasteiger charge is 2.07. The van der Waals surface area contributed by atoms with Gasteiger partial charge in [-0.15, -0.1) is 0 Å². The first-order valence-corrected chi connectivity index (χ1v) is 6.52. The number of nitrogens with zero attached hydrogens (tertiary/aromatic N) is 1. The van der Waals surface area contributed by atoms with Gasteiger partial charge in [0.15, 0.2) is 11.7 Å². The third-order valence-electron chi connectivity index (χ3n) is 2.91. The molecule has 0 radical (unpaired) electrons. The van der Waals surface area contributed by atoms with Gasteiger partial charge in [-0.05, 0) is 25.5 Å². The zero-order chi connectivity index (χ0) is 12.8. The van der Waals surface area contributed by atoms with Crippen LogP contribution in [0.1, 0.15) is 24.8 Å². The van der Waals surface area contributed by atoms with Crippen LogP contribution in [-0.2, 0) is 6.42 Å². The summed E-state index contributed by atoms with van der Waals surface area (Å²) in [5, 5.41) is 3.34. The number of oxazole rings is 1. The van der Waals surface area contributed by atoms with E-state index in [4.69, 9.17) is 4.42 Å². The number of aryl methyl sites for hydroxylation is 1. The Bertz CT molecular complexity index is 491. The van der Waals surface area contributed by atoms with Crippen molar-refractivity contribution in [2.75, 3.05) is 13.1 Å². The monoisotopic (exact) mass is 244 g/mol. The van der Waals surface area contributed by atoms with Gasteiger partial charge in [-0.3, -0.25) is 0 Å². The van der Waals surface area contributed by atoms with Crippen LogP contribution in [0.2, 0.25) is 0 Å². The molecule has 0 saturated carbocycles. The molecule has 0 unspecified atom stereocenters. The lowest BCUT2D eigenvalue weighted by atomic mass is 10.1. The van der Waals surface area contributed by atoms with Gasteiger partial charge in [-0.25, -0.2) is 4.98 Å². The molecule has 0 amide bonds. The van der Waals surface area contributed by atoms with E-state index in [0.29, 0.717) is 0 Å². The summed E-state index contributed by atoms with van der Waals surface area (Å²) >= 11 is 0. The summed E-state index contributed by atoms with van der Waals surface area (Å²) in [6.07, 6.45) is 3.81. The Balaban J connectivity index is 2.00. The lowest BCUT2D eigenvalue weighted by Gasteiger charge is -2.01. The summed E-state index contributed by atoms with van der Waals surface area (Å²) in [4.78, 5) is 4.32. The molecule has 0 bridgehead atoms. The minimum atomic E-state index is 0.803. The number of benzene rings is 1. The highest BCUT2D eigenvalue weighted by Crippen LogP contribution is 2.23. The van der Waals surface area contributed by atoms with Crippen LogP contribution in [-0.4, -0.2) is 18.1 Å². The second-order valence-electron chi connectivity index (χ2n) is 4.43. The molecular formula is C15H20N2O. The van der Waals surface area contributed by atoms with Crippen molar-refractivity contribution in [3.63, 3.8) is 0 Å². The van der Waals surface area contributed by atoms with Gasteiger partial charge < -0.3 is 9.73 Å². The summed E-state index contributed by atoms with van der Waals surface area (Å²) in [6.45, 7) is 6.21. The zero-order valence-electron chi connectivity index (χ0n) is 11.1. The fourth-order valence-electron chi connectivity index (χ4n) is 1.90. The highest BCUT2D eigenvalue weighted by atomic mass is 16.4. The molecule has 0 fully saturated rings. The number of nitrogens with one attached hydrogen (secondary N) is 1. The summed E-state index contributed by atoms with van der Waals surface area (Å²) in [6, 6.07) is 8.20. The molecular weight excluding hydrogens is 224 g/mol. The summed E-state index contributed by atoms with van der Waals surface area (Å²) < 4.78 is 5.78. The van der Waals surface area contributed by atoms with Crippen LogP contribution >= 0.6 is 0 Å². The van der Waals surface area contributed by atoms with E-state index in [1.807, 2.05) is 18.3 Å². The molecule has 1 heterocycles. The van der Waals surface area contributed by atoms with Crippen molar-refractivity contribution >= 4 is 0 Å². The molecule has 1 aromatic heterocycles. The summed E-state index contributed by atoms with van der Waals surface area (Å²) in [7, 11) is 0. The SMILES string of the molecule is CCCNCCc1ncc(-c2ccccc2C)o1. The third-order valence-corrected chi connectivity index (χ3v) is 2.91. The van der Waals surface area contributed by atoms with Gasteiger partial charge in [0, 0.05) is 18.5 Å². The lowest BCUT2D eigenvalue weighted by Crippen LogP contribution is -2.17. The molecule has 96 valence electrons. The highest BCUT2D eigenvalue weighted by molar-refractivity contribution is 5.60. The number of hydrogen-bond donors (Lipinski definition) is 1. The Kier molecular flexibility index (Phi) is 4.53. The van der Waals surface area contributed by atoms with Crippen LogP contribution in [0.4, 0.5) is 0 Å². The first-order valence-electron chi connectivity index (χ1n) is 6.52. The molecule has 0 aliphatic carbocycles. The van der Waals surface area contributed by atoms with Crippen molar-refractivity contribution < 1.29 is 4.42 Å². The first-order chi connectivity index (χ1) is 8.81. The second kappa shape index (κ2) is 6.36. The minimum absolute atomic E-state index is 0.803. The number of hydrogen-bond acceptors (Lipinski definition) is 3. The van der Waals surface area contributed by atoms with Gasteiger partial charge in [0.25, 0.3) is 0 Å². The zero-order valence-corrected chi connectivity index (χ0v) is 11.1. The van der Waals surface area contributed by atoms with Crippen molar-refractivity contribution in [1.82, 2.24) is 10.3 Å². The van der Waals surface area contributed by atoms with Crippen LogP contribution in [0.25, 0.3) is 11.3 Å². The molecule has 0 spiro atoms. The quantitative estimate of drug-likeness (QED) is 0.793. The molecule has 1 aromatic carbocycles. The maximum Gasteiger partial charge on any atom is 0.196 e. The predicted octanol–water partition coefficient (Wildman–Crippen LogP) is 3.19. The van der Waals surface area contributed by atoms with Crippen LogP contribution in [0.5, 0.6) is 0 Å². The van der Waals surface area contributed by atoms with E-state index in [2.05, 4.69) is 36.3 Å². The predicted molar refractivity (Wildman–Crippen MR) is 73.5 cm³/mol. The molecule has 18 heavy (non-hydrogen) atoms. The van der Waals surface area contributed by atoms with Crippen LogP contribution < -0.4 is 5.32 Å². The van der Waals surface area contributed by atoms with Gasteiger partial charge in [0.2, 0.25) is 0 Å². The second-order valence-corrected chi connectivity index (χ2v) is 4.43. The first kappa shape index (κ1) is 12.8. The fraction of sp³-hybridized carbons (Fsp3) is 0.400. The molecule has 0 aliphatic rings. The molecule has 3 heteroatoms. The molecule has 0 aliphatic heterocycles. The van der Waals surface area contributed by atoms with Gasteiger partial charge in [-0.2, -0.15) is 0 Å². The maximum absolute atomic E-state index is 5.78. The molecule has 3 nitrogen and oxygen atoms in total. The third kappa shape index (κ3) is 3.20. The van der Waals surface area contributed by atoms with E-state index in [1.54, 1.807) is 0 Å². The van der Waals surface area contributed by atoms with Crippen molar-refractivity contribution in [2.24, 2.45) is 0 Å². The van der Waals surface area contributed by atoms with Crippen LogP contribution in [0.15, 0.2) is 34.9 Å². The van der Waals surface area contributed by atoms with Crippen molar-refractivity contribution in [1.29, 1.82) is 0 Å². The van der Waals surface area contributed by atoms with E-state index in [-0.39, 0.29) is 0 Å². The van der Waals surface area contributed by atoms with E-state index < -0.39 is 0 Å². The maximum atomic E-state index is 5.78. The molecule has 2 aromatic rings. The van der Waals surface area contributed by atoms with E-state index >= 15 is 0 Å². The topological polar surface area (TPSA) is 38.1 Å². The molecule has 0 atom stereocenters. The summed E-state index contributed by atoms with van der Waals surface area (Å²) in [5.41, 5.74) is 2.34. The number of rotatable bonds is 6. The smallest absolute Gasteiger partial charge is 0.196 e. The normalized spacial score (nSPS) is 10.8. The minimum Gasteiger partial charge on any atom is -0.441 e. The van der Waals surface area contributed by atoms with Gasteiger partial charge >= 0.3 is 0 Å². The van der Waals surface area contributed by atoms with Gasteiger partial charge in [0.1, 0.15) is 0 Å². The van der Waals surface area contributed by atoms with Gasteiger partial charge in [0.05, 0.1) is 6.20 Å². The summed E-state index contributed by atoms with van der Waals surface area (Å²) in [5.74, 6) is 1.66. The number of aromatic nitrogens is 1. The van der Waals surface area contributed by atoms with E-state index in [0.717, 1.165) is 43.1 Å². The Morgan fingerprint density at radius 2 is 2.06 bits per heavy atom. The van der Waals surface area contributed by atoms with E-state index in [1.165, 1.54) is 5.56 Å². The Labute approximate surface area is 108 Å². The Morgan fingerprint density at radius 1 is 1.22 bits per heavy atom. The van der Waals surface area contributed by atoms with Crippen LogP contribution in [0, 0.1) is 6.92 Å². The molecule has 1 N–H and O–H groups in total. The average Bonchev–Trinajstić information content (AvgIpc) is 2.84.